The zero-order chi connectivity index (χ0) is 8.10. The van der Waals surface area contributed by atoms with Crippen molar-refractivity contribution in [1.29, 1.82) is 0 Å². The van der Waals surface area contributed by atoms with Gasteiger partial charge in [0.2, 0.25) is 0 Å². The fourth-order valence-corrected chi connectivity index (χ4v) is 0.664. The highest BCUT2D eigenvalue weighted by Crippen LogP contribution is 1.98. The largest absolute Gasteiger partial charge is 0.462 e. The molecule has 1 aromatic heterocycles. The van der Waals surface area contributed by atoms with E-state index < -0.39 is 0 Å². The van der Waals surface area contributed by atoms with Gasteiger partial charge in [0.15, 0.2) is 0 Å². The number of ether oxygens (including phenoxy) is 1. The minimum atomic E-state index is -0.359. The van der Waals surface area contributed by atoms with Crippen LogP contribution in [0.15, 0.2) is 24.5 Å². The first-order valence-electron chi connectivity index (χ1n) is 3.21. The molecule has 0 unspecified atom stereocenters. The first kappa shape index (κ1) is 7.72. The minimum absolute atomic E-state index is 0.154. The second-order valence-electron chi connectivity index (χ2n) is 1.87. The molecule has 0 N–H and O–H groups in total. The Morgan fingerprint density at radius 3 is 2.73 bits per heavy atom. The first-order valence-corrected chi connectivity index (χ1v) is 3.21. The van der Waals surface area contributed by atoms with Crippen LogP contribution in [0, 0.1) is 6.92 Å². The molecule has 1 heterocycles. The highest BCUT2D eigenvalue weighted by Gasteiger charge is 2.02. The summed E-state index contributed by atoms with van der Waals surface area (Å²) in [5.74, 6) is -0.359. The SMILES string of the molecule is [CH2]COC(=O)c1ccncc1. The molecule has 0 fully saturated rings. The zero-order valence-corrected chi connectivity index (χ0v) is 5.99. The molecule has 0 aliphatic carbocycles. The van der Waals surface area contributed by atoms with Gasteiger partial charge in [-0.3, -0.25) is 4.98 Å². The van der Waals surface area contributed by atoms with Gasteiger partial charge in [-0.05, 0) is 19.1 Å². The summed E-state index contributed by atoms with van der Waals surface area (Å²) in [6.45, 7) is 3.55. The van der Waals surface area contributed by atoms with Gasteiger partial charge >= 0.3 is 5.97 Å². The number of pyridine rings is 1. The maximum atomic E-state index is 11.0. The van der Waals surface area contributed by atoms with Gasteiger partial charge < -0.3 is 4.74 Å². The lowest BCUT2D eigenvalue weighted by molar-refractivity contribution is 0.0547. The van der Waals surface area contributed by atoms with Crippen LogP contribution in [0.1, 0.15) is 10.4 Å². The first-order chi connectivity index (χ1) is 5.34. The van der Waals surface area contributed by atoms with E-state index in [4.69, 9.17) is 0 Å². The maximum absolute atomic E-state index is 11.0. The smallest absolute Gasteiger partial charge is 0.338 e. The third-order valence-electron chi connectivity index (χ3n) is 1.15. The number of rotatable bonds is 2. The van der Waals surface area contributed by atoms with Crippen molar-refractivity contribution in [2.45, 2.75) is 0 Å². The van der Waals surface area contributed by atoms with Gasteiger partial charge in [-0.1, -0.05) is 0 Å². The van der Waals surface area contributed by atoms with Crippen LogP contribution in [0.5, 0.6) is 0 Å². The Morgan fingerprint density at radius 2 is 2.18 bits per heavy atom. The summed E-state index contributed by atoms with van der Waals surface area (Å²) in [4.78, 5) is 14.7. The number of nitrogens with zero attached hydrogens (tertiary/aromatic N) is 1. The lowest BCUT2D eigenvalue weighted by Gasteiger charge is -1.98. The quantitative estimate of drug-likeness (QED) is 0.592. The zero-order valence-electron chi connectivity index (χ0n) is 5.99. The number of esters is 1. The molecule has 0 aliphatic heterocycles. The van der Waals surface area contributed by atoms with Gasteiger partial charge in [0.25, 0.3) is 0 Å². The Bertz CT molecular complexity index is 233. The summed E-state index contributed by atoms with van der Waals surface area (Å²) in [5, 5.41) is 0. The molecule has 0 bridgehead atoms. The Balaban J connectivity index is 2.69. The van der Waals surface area contributed by atoms with Crippen molar-refractivity contribution in [3.63, 3.8) is 0 Å². The van der Waals surface area contributed by atoms with E-state index >= 15 is 0 Å². The predicted octanol–water partition coefficient (Wildman–Crippen LogP) is 1.07. The molecule has 3 nitrogen and oxygen atoms in total. The maximum Gasteiger partial charge on any atom is 0.338 e. The molecular formula is C8H8NO2. The normalized spacial score (nSPS) is 9.18. The van der Waals surface area contributed by atoms with E-state index in [2.05, 4.69) is 16.6 Å². The molecule has 1 radical (unpaired) electrons. The summed E-state index contributed by atoms with van der Waals surface area (Å²) in [7, 11) is 0. The Kier molecular flexibility index (Phi) is 2.60. The van der Waals surface area contributed by atoms with Crippen LogP contribution in [-0.2, 0) is 4.74 Å². The molecule has 11 heavy (non-hydrogen) atoms. The summed E-state index contributed by atoms with van der Waals surface area (Å²) < 4.78 is 4.65. The molecule has 0 aromatic carbocycles. The minimum Gasteiger partial charge on any atom is -0.462 e. The molecule has 0 saturated carbocycles. The van der Waals surface area contributed by atoms with Crippen LogP contribution >= 0.6 is 0 Å². The van der Waals surface area contributed by atoms with Crippen molar-refractivity contribution in [2.75, 3.05) is 6.61 Å². The average Bonchev–Trinajstić information content (AvgIpc) is 2.07. The van der Waals surface area contributed by atoms with E-state index in [9.17, 15) is 4.79 Å². The van der Waals surface area contributed by atoms with Gasteiger partial charge in [0, 0.05) is 12.4 Å². The van der Waals surface area contributed by atoms with Gasteiger partial charge in [0.1, 0.15) is 0 Å². The summed E-state index contributed by atoms with van der Waals surface area (Å²) in [6.07, 6.45) is 3.08. The molecule has 0 aliphatic rings. The molecule has 57 valence electrons. The predicted molar refractivity (Wildman–Crippen MR) is 39.9 cm³/mol. The summed E-state index contributed by atoms with van der Waals surface area (Å²) in [6, 6.07) is 3.19. The van der Waals surface area contributed by atoms with Crippen LogP contribution in [0.3, 0.4) is 0 Å². The lowest BCUT2D eigenvalue weighted by atomic mass is 10.3. The fraction of sp³-hybridized carbons (Fsp3) is 0.125. The van der Waals surface area contributed by atoms with Crippen molar-refractivity contribution in [1.82, 2.24) is 4.98 Å². The third-order valence-corrected chi connectivity index (χ3v) is 1.15. The monoisotopic (exact) mass is 150 g/mol. The molecule has 0 amide bonds. The number of aromatic nitrogens is 1. The van der Waals surface area contributed by atoms with E-state index in [1.54, 1.807) is 24.5 Å². The molecule has 3 heteroatoms. The summed E-state index contributed by atoms with van der Waals surface area (Å²) in [5.41, 5.74) is 0.503. The molecular weight excluding hydrogens is 142 g/mol. The lowest BCUT2D eigenvalue weighted by Crippen LogP contribution is -2.04. The Labute approximate surface area is 65.0 Å². The molecule has 0 atom stereocenters. The van der Waals surface area contributed by atoms with Gasteiger partial charge in [-0.15, -0.1) is 0 Å². The van der Waals surface area contributed by atoms with Gasteiger partial charge in [-0.25, -0.2) is 4.79 Å². The van der Waals surface area contributed by atoms with Crippen LogP contribution < -0.4 is 0 Å². The van der Waals surface area contributed by atoms with Crippen molar-refractivity contribution in [3.05, 3.63) is 37.0 Å². The van der Waals surface area contributed by atoms with Crippen molar-refractivity contribution in [3.8, 4) is 0 Å². The van der Waals surface area contributed by atoms with Crippen LogP contribution in [-0.4, -0.2) is 17.6 Å². The number of carbonyl (C=O) groups is 1. The second-order valence-corrected chi connectivity index (χ2v) is 1.87. The average molecular weight is 150 g/mol. The van der Waals surface area contributed by atoms with Crippen molar-refractivity contribution >= 4 is 5.97 Å². The van der Waals surface area contributed by atoms with E-state index in [-0.39, 0.29) is 12.6 Å². The number of hydrogen-bond donors (Lipinski definition) is 0. The van der Waals surface area contributed by atoms with E-state index in [0.717, 1.165) is 0 Å². The van der Waals surface area contributed by atoms with Crippen molar-refractivity contribution in [2.24, 2.45) is 0 Å². The van der Waals surface area contributed by atoms with Crippen LogP contribution in [0.25, 0.3) is 0 Å². The second kappa shape index (κ2) is 3.71. The van der Waals surface area contributed by atoms with Crippen LogP contribution in [0.4, 0.5) is 0 Å². The highest BCUT2D eigenvalue weighted by atomic mass is 16.5. The number of carbonyl (C=O) groups excluding carboxylic acids is 1. The van der Waals surface area contributed by atoms with E-state index in [1.165, 1.54) is 0 Å². The standard InChI is InChI=1S/C8H8NO2/c1-2-11-8(10)7-3-5-9-6-4-7/h3-6H,1-2H2. The third kappa shape index (κ3) is 2.04. The number of hydrogen-bond acceptors (Lipinski definition) is 3. The fourth-order valence-electron chi connectivity index (χ4n) is 0.664. The van der Waals surface area contributed by atoms with Crippen molar-refractivity contribution < 1.29 is 9.53 Å². The molecule has 1 aromatic rings. The summed E-state index contributed by atoms with van der Waals surface area (Å²) >= 11 is 0. The molecule has 1 rings (SSSR count). The van der Waals surface area contributed by atoms with Crippen LogP contribution in [0.2, 0.25) is 0 Å². The Morgan fingerprint density at radius 1 is 1.55 bits per heavy atom. The molecule has 0 spiro atoms. The Hall–Kier alpha value is -1.38. The topological polar surface area (TPSA) is 39.2 Å². The van der Waals surface area contributed by atoms with E-state index in [1.807, 2.05) is 0 Å². The van der Waals surface area contributed by atoms with Gasteiger partial charge in [-0.2, -0.15) is 0 Å². The van der Waals surface area contributed by atoms with Gasteiger partial charge in [0.05, 0.1) is 12.2 Å². The highest BCUT2D eigenvalue weighted by molar-refractivity contribution is 5.89. The molecule has 0 saturated heterocycles. The van der Waals surface area contributed by atoms with E-state index in [0.29, 0.717) is 5.56 Å².